The minimum absolute atomic E-state index is 0.0804. The molecule has 0 bridgehead atoms. The van der Waals surface area contributed by atoms with E-state index in [1.54, 1.807) is 0 Å². The summed E-state index contributed by atoms with van der Waals surface area (Å²) in [6, 6.07) is 48.5. The Balaban J connectivity index is 0.000000876. The third-order valence-electron chi connectivity index (χ3n) is 11.1. The smallest absolute Gasteiger partial charge is 0.161 e. The van der Waals surface area contributed by atoms with E-state index < -0.39 is 0 Å². The Morgan fingerprint density at radius 1 is 0.632 bits per heavy atom. The van der Waals surface area contributed by atoms with Crippen molar-refractivity contribution in [2.24, 2.45) is 0 Å². The van der Waals surface area contributed by atoms with E-state index in [1.165, 1.54) is 33.0 Å². The monoisotopic (exact) mass is 744 g/mol. The van der Waals surface area contributed by atoms with Crippen LogP contribution in [-0.2, 0) is 5.41 Å². The van der Waals surface area contributed by atoms with Gasteiger partial charge in [-0.15, -0.1) is 0 Å². The van der Waals surface area contributed by atoms with Crippen LogP contribution in [0.25, 0.3) is 77.7 Å². The molecule has 0 spiro atoms. The molecule has 4 heteroatoms. The maximum absolute atomic E-state index is 10.3. The molecular formula is C53H52N4. The summed E-state index contributed by atoms with van der Waals surface area (Å²) in [6.45, 7) is 23.3. The van der Waals surface area contributed by atoms with Gasteiger partial charge in [-0.25, -0.2) is 9.97 Å². The van der Waals surface area contributed by atoms with Crippen molar-refractivity contribution in [2.45, 2.75) is 81.6 Å². The van der Waals surface area contributed by atoms with Crippen molar-refractivity contribution < 1.29 is 0 Å². The number of fused-ring (bicyclic) bond motifs is 5. The summed E-state index contributed by atoms with van der Waals surface area (Å²) >= 11 is 0. The van der Waals surface area contributed by atoms with Gasteiger partial charge in [0.25, 0.3) is 0 Å². The van der Waals surface area contributed by atoms with E-state index in [-0.39, 0.29) is 5.41 Å². The van der Waals surface area contributed by atoms with Crippen LogP contribution in [0.4, 0.5) is 0 Å². The van der Waals surface area contributed by atoms with E-state index in [0.717, 1.165) is 55.6 Å². The number of para-hydroxylation sites is 1. The fourth-order valence-electron chi connectivity index (χ4n) is 8.03. The molecule has 1 aliphatic carbocycles. The van der Waals surface area contributed by atoms with Crippen LogP contribution < -0.4 is 0 Å². The van der Waals surface area contributed by atoms with Crippen LogP contribution in [0.5, 0.6) is 0 Å². The van der Waals surface area contributed by atoms with Crippen LogP contribution >= 0.6 is 0 Å². The van der Waals surface area contributed by atoms with Crippen LogP contribution in [-0.4, -0.2) is 14.5 Å². The highest BCUT2D eigenvalue weighted by Gasteiger charge is 2.35. The summed E-state index contributed by atoms with van der Waals surface area (Å²) in [5.74, 6) is 0.590. The molecule has 0 saturated heterocycles. The van der Waals surface area contributed by atoms with Gasteiger partial charge in [0.2, 0.25) is 0 Å². The first kappa shape index (κ1) is 40.2. The standard InChI is InChI=1S/C47H34N4.3C2H6/c1-28-30(3)47(4,5)40-26-44-39(25-38(28)40)35-19-12-14-22-42(35)51(44)43-24-33(23-37(29(43)2)34-18-10-9-17-32(34)27-48)46-49-41-21-13-11-20-36(41)45(50-46)31-15-7-6-8-16-31;3*1-2/h6-12,14-20,22-26H,1-5H3;3*1-2H3. The average molecular weight is 745 g/mol. The second-order valence-electron chi connectivity index (χ2n) is 14.1. The first-order chi connectivity index (χ1) is 27.8. The van der Waals surface area contributed by atoms with Gasteiger partial charge in [-0.1, -0.05) is 134 Å². The number of benzene rings is 5. The van der Waals surface area contributed by atoms with Crippen molar-refractivity contribution >= 4 is 38.3 Å². The predicted molar refractivity (Wildman–Crippen MR) is 243 cm³/mol. The Morgan fingerprint density at radius 3 is 2.05 bits per heavy atom. The van der Waals surface area contributed by atoms with Crippen molar-refractivity contribution in [3.63, 3.8) is 0 Å². The molecule has 8 aromatic rings. The lowest BCUT2D eigenvalue weighted by Gasteiger charge is -2.23. The van der Waals surface area contributed by atoms with Crippen molar-refractivity contribution in [2.75, 3.05) is 0 Å². The Kier molecular flexibility index (Phi) is 11.8. The van der Waals surface area contributed by atoms with Crippen LogP contribution in [0.1, 0.15) is 91.5 Å². The summed E-state index contributed by atoms with van der Waals surface area (Å²) in [6.07, 6.45) is 0. The fourth-order valence-corrected chi connectivity index (χ4v) is 8.03. The van der Waals surface area contributed by atoms with E-state index in [4.69, 9.17) is 9.97 Å². The number of hydrogen-bond donors (Lipinski definition) is 0. The summed E-state index contributed by atoms with van der Waals surface area (Å²) in [5.41, 5.74) is 15.6. The van der Waals surface area contributed by atoms with Gasteiger partial charge in [0.15, 0.2) is 5.82 Å². The normalized spacial score (nSPS) is 12.4. The van der Waals surface area contributed by atoms with E-state index in [9.17, 15) is 5.26 Å². The second-order valence-corrected chi connectivity index (χ2v) is 14.1. The molecule has 0 radical (unpaired) electrons. The van der Waals surface area contributed by atoms with Gasteiger partial charge in [0.1, 0.15) is 5.52 Å². The van der Waals surface area contributed by atoms with Crippen molar-refractivity contribution in [1.82, 2.24) is 14.5 Å². The molecular weight excluding hydrogens is 693 g/mol. The second kappa shape index (κ2) is 16.7. The van der Waals surface area contributed by atoms with Gasteiger partial charge in [-0.3, -0.25) is 0 Å². The molecule has 2 heterocycles. The summed E-state index contributed by atoms with van der Waals surface area (Å²) in [4.78, 5) is 10.3. The molecule has 0 fully saturated rings. The maximum atomic E-state index is 10.3. The molecule has 0 N–H and O–H groups in total. The Labute approximate surface area is 339 Å². The summed E-state index contributed by atoms with van der Waals surface area (Å²) in [7, 11) is 0. The zero-order valence-corrected chi connectivity index (χ0v) is 35.3. The maximum Gasteiger partial charge on any atom is 0.161 e. The number of allylic oxidation sites excluding steroid dienone is 2. The lowest BCUT2D eigenvalue weighted by molar-refractivity contribution is 0.639. The molecule has 6 aromatic carbocycles. The lowest BCUT2D eigenvalue weighted by Crippen LogP contribution is -2.15. The van der Waals surface area contributed by atoms with Crippen molar-refractivity contribution in [3.8, 4) is 45.5 Å². The number of rotatable bonds is 4. The third kappa shape index (κ3) is 6.77. The number of aromatic nitrogens is 3. The van der Waals surface area contributed by atoms with Gasteiger partial charge in [-0.2, -0.15) is 5.26 Å². The van der Waals surface area contributed by atoms with Gasteiger partial charge in [-0.05, 0) is 109 Å². The quantitative estimate of drug-likeness (QED) is 0.180. The minimum atomic E-state index is -0.0804. The van der Waals surface area contributed by atoms with Crippen LogP contribution in [0.2, 0.25) is 0 Å². The fraction of sp³-hybridized carbons (Fsp3) is 0.226. The predicted octanol–water partition coefficient (Wildman–Crippen LogP) is 14.7. The Bertz CT molecular complexity index is 2810. The molecule has 0 amide bonds. The lowest BCUT2D eigenvalue weighted by atomic mass is 9.82. The number of nitrogens with zero attached hydrogens (tertiary/aromatic N) is 4. The molecule has 0 atom stereocenters. The molecule has 0 aliphatic heterocycles. The van der Waals surface area contributed by atoms with E-state index in [1.807, 2.05) is 96.1 Å². The highest BCUT2D eigenvalue weighted by molar-refractivity contribution is 6.11. The molecule has 2 aromatic heterocycles. The minimum Gasteiger partial charge on any atom is -0.309 e. The summed E-state index contributed by atoms with van der Waals surface area (Å²) < 4.78 is 2.40. The van der Waals surface area contributed by atoms with E-state index in [2.05, 4.69) is 118 Å². The SMILES string of the molecule is CC.CC.CC.CC1=C(C)C(C)(C)c2cc3c(cc21)c1ccccc1n3-c1cc(-c2nc(-c3ccccc3)c3ccc#cc3n2)cc(-c2ccccc2C#N)c1C. The molecule has 1 aliphatic rings. The highest BCUT2D eigenvalue weighted by Crippen LogP contribution is 2.49. The van der Waals surface area contributed by atoms with Gasteiger partial charge >= 0.3 is 0 Å². The first-order valence-electron chi connectivity index (χ1n) is 20.3. The molecule has 9 rings (SSSR count). The van der Waals surface area contributed by atoms with Crippen molar-refractivity contribution in [1.29, 1.82) is 5.26 Å². The largest absolute Gasteiger partial charge is 0.309 e. The highest BCUT2D eigenvalue weighted by atomic mass is 15.0. The molecule has 57 heavy (non-hydrogen) atoms. The third-order valence-corrected chi connectivity index (χ3v) is 11.1. The summed E-state index contributed by atoms with van der Waals surface area (Å²) in [5, 5.41) is 13.6. The van der Waals surface area contributed by atoms with Crippen molar-refractivity contribution in [3.05, 3.63) is 155 Å². The van der Waals surface area contributed by atoms with E-state index in [0.29, 0.717) is 16.9 Å². The zero-order valence-electron chi connectivity index (χ0n) is 35.3. The van der Waals surface area contributed by atoms with Crippen LogP contribution in [0.15, 0.2) is 121 Å². The van der Waals surface area contributed by atoms with Crippen LogP contribution in [0.3, 0.4) is 0 Å². The van der Waals surface area contributed by atoms with Crippen LogP contribution in [0, 0.1) is 30.4 Å². The Hall–Kier alpha value is -6.49. The number of hydrogen-bond acceptors (Lipinski definition) is 3. The molecule has 284 valence electrons. The van der Waals surface area contributed by atoms with Gasteiger partial charge in [0.05, 0.1) is 34.0 Å². The average Bonchev–Trinajstić information content (AvgIpc) is 3.68. The van der Waals surface area contributed by atoms with Gasteiger partial charge < -0.3 is 4.57 Å². The molecule has 0 saturated carbocycles. The topological polar surface area (TPSA) is 54.5 Å². The first-order valence-corrected chi connectivity index (χ1v) is 20.3. The zero-order chi connectivity index (χ0) is 41.0. The molecule has 4 nitrogen and oxygen atoms in total. The van der Waals surface area contributed by atoms with Gasteiger partial charge in [0, 0.05) is 32.7 Å². The molecule has 0 unspecified atom stereocenters. The Morgan fingerprint density at radius 2 is 1.32 bits per heavy atom. The number of nitriles is 1. The van der Waals surface area contributed by atoms with E-state index >= 15 is 0 Å².